The van der Waals surface area contributed by atoms with Crippen molar-refractivity contribution in [3.63, 3.8) is 0 Å². The summed E-state index contributed by atoms with van der Waals surface area (Å²) in [7, 11) is 0. The molecule has 0 unspecified atom stereocenters. The molecule has 1 rings (SSSR count). The molecule has 0 saturated carbocycles. The molecule has 0 aromatic carbocycles. The van der Waals surface area contributed by atoms with Crippen LogP contribution in [0.15, 0.2) is 35.3 Å². The van der Waals surface area contributed by atoms with Gasteiger partial charge in [0.05, 0.1) is 6.61 Å². The zero-order valence-corrected chi connectivity index (χ0v) is 12.0. The minimum Gasteiger partial charge on any atom is -0.491 e. The van der Waals surface area contributed by atoms with Crippen LogP contribution in [0.4, 0.5) is 0 Å². The van der Waals surface area contributed by atoms with Gasteiger partial charge in [0, 0.05) is 18.7 Å². The lowest BCUT2D eigenvalue weighted by Gasteiger charge is -2.25. The van der Waals surface area contributed by atoms with E-state index in [4.69, 9.17) is 15.2 Å². The monoisotopic (exact) mass is 251 g/mol. The van der Waals surface area contributed by atoms with Gasteiger partial charge in [-0.3, -0.25) is 0 Å². The van der Waals surface area contributed by atoms with Crippen LogP contribution in [0.25, 0.3) is 0 Å². The van der Waals surface area contributed by atoms with Gasteiger partial charge < -0.3 is 15.2 Å². The lowest BCUT2D eigenvalue weighted by atomic mass is 9.85. The molecule has 0 aromatic rings. The number of hydrogen-bond donors (Lipinski definition) is 1. The Bertz CT molecular complexity index is 359. The zero-order chi connectivity index (χ0) is 13.6. The van der Waals surface area contributed by atoms with E-state index in [-0.39, 0.29) is 5.41 Å². The van der Waals surface area contributed by atoms with E-state index >= 15 is 0 Å². The van der Waals surface area contributed by atoms with Crippen molar-refractivity contribution in [1.82, 2.24) is 0 Å². The van der Waals surface area contributed by atoms with Crippen molar-refractivity contribution >= 4 is 0 Å². The van der Waals surface area contributed by atoms with Crippen LogP contribution in [-0.4, -0.2) is 19.8 Å². The van der Waals surface area contributed by atoms with E-state index in [1.54, 1.807) is 0 Å². The molecule has 0 bridgehead atoms. The summed E-state index contributed by atoms with van der Waals surface area (Å²) in [5.41, 5.74) is 7.95. The summed E-state index contributed by atoms with van der Waals surface area (Å²) in [5.74, 6) is 0.930. The highest BCUT2D eigenvalue weighted by molar-refractivity contribution is 5.38. The van der Waals surface area contributed by atoms with E-state index in [9.17, 15) is 0 Å². The molecule has 0 spiro atoms. The van der Waals surface area contributed by atoms with E-state index in [2.05, 4.69) is 32.9 Å². The minimum absolute atomic E-state index is 0.0402. The number of rotatable bonds is 5. The lowest BCUT2D eigenvalue weighted by molar-refractivity contribution is 0.0832. The van der Waals surface area contributed by atoms with Crippen molar-refractivity contribution in [2.45, 2.75) is 34.1 Å². The smallest absolute Gasteiger partial charge is 0.119 e. The largest absolute Gasteiger partial charge is 0.491 e. The first-order valence-corrected chi connectivity index (χ1v) is 6.53. The Morgan fingerprint density at radius 1 is 1.22 bits per heavy atom. The molecule has 0 fully saturated rings. The summed E-state index contributed by atoms with van der Waals surface area (Å²) in [6.07, 6.45) is 6.83. The van der Waals surface area contributed by atoms with E-state index in [0.29, 0.717) is 13.2 Å². The summed E-state index contributed by atoms with van der Waals surface area (Å²) < 4.78 is 11.1. The molecule has 0 atom stereocenters. The first kappa shape index (κ1) is 14.8. The first-order valence-electron chi connectivity index (χ1n) is 6.53. The van der Waals surface area contributed by atoms with Gasteiger partial charge in [-0.15, -0.1) is 0 Å². The maximum atomic E-state index is 5.87. The Morgan fingerprint density at radius 3 is 2.56 bits per heavy atom. The van der Waals surface area contributed by atoms with E-state index < -0.39 is 0 Å². The Labute approximate surface area is 110 Å². The lowest BCUT2D eigenvalue weighted by Crippen LogP contribution is -2.14. The van der Waals surface area contributed by atoms with Gasteiger partial charge in [0.1, 0.15) is 12.4 Å². The molecule has 18 heavy (non-hydrogen) atoms. The quantitative estimate of drug-likeness (QED) is 0.763. The van der Waals surface area contributed by atoms with Crippen molar-refractivity contribution in [3.05, 3.63) is 35.3 Å². The Kier molecular flexibility index (Phi) is 5.48. The molecule has 1 aliphatic carbocycles. The minimum atomic E-state index is 0.0402. The SMILES string of the molecule is CCOCCOC1=CCC(N)=CC=C1C(C)(C)C. The molecule has 3 nitrogen and oxygen atoms in total. The standard InChI is InChI=1S/C15H25NO2/c1-5-17-10-11-18-14-9-7-12(16)6-8-13(14)15(2,3)4/h6,8-9H,5,7,10-11,16H2,1-4H3. The molecule has 1 aliphatic rings. The van der Waals surface area contributed by atoms with Crippen LogP contribution in [0.2, 0.25) is 0 Å². The van der Waals surface area contributed by atoms with Crippen LogP contribution in [0.1, 0.15) is 34.1 Å². The number of nitrogens with two attached hydrogens (primary N) is 1. The molecule has 2 N–H and O–H groups in total. The molecule has 3 heteroatoms. The Morgan fingerprint density at radius 2 is 1.94 bits per heavy atom. The molecular formula is C15H25NO2. The first-order chi connectivity index (χ1) is 8.45. The van der Waals surface area contributed by atoms with Crippen LogP contribution in [0.5, 0.6) is 0 Å². The maximum Gasteiger partial charge on any atom is 0.119 e. The fourth-order valence-electron chi connectivity index (χ4n) is 1.77. The van der Waals surface area contributed by atoms with Gasteiger partial charge in [-0.25, -0.2) is 0 Å². The van der Waals surface area contributed by atoms with Crippen LogP contribution in [0.3, 0.4) is 0 Å². The van der Waals surface area contributed by atoms with Crippen molar-refractivity contribution in [2.75, 3.05) is 19.8 Å². The van der Waals surface area contributed by atoms with E-state index in [1.807, 2.05) is 13.0 Å². The van der Waals surface area contributed by atoms with E-state index in [1.165, 1.54) is 5.57 Å². The fraction of sp³-hybridized carbons (Fsp3) is 0.600. The van der Waals surface area contributed by atoms with Gasteiger partial charge in [-0.1, -0.05) is 26.8 Å². The average molecular weight is 251 g/mol. The summed E-state index contributed by atoms with van der Waals surface area (Å²) in [6.45, 7) is 10.4. The Hall–Kier alpha value is -1.22. The van der Waals surface area contributed by atoms with Crippen molar-refractivity contribution in [2.24, 2.45) is 11.1 Å². The third-order valence-corrected chi connectivity index (χ3v) is 2.75. The summed E-state index contributed by atoms with van der Waals surface area (Å²) in [5, 5.41) is 0. The molecule has 0 aliphatic heterocycles. The molecule has 0 amide bonds. The highest BCUT2D eigenvalue weighted by Gasteiger charge is 2.22. The second-order valence-corrected chi connectivity index (χ2v) is 5.39. The second-order valence-electron chi connectivity index (χ2n) is 5.39. The van der Waals surface area contributed by atoms with Crippen LogP contribution < -0.4 is 5.73 Å². The molecule has 0 saturated heterocycles. The maximum absolute atomic E-state index is 5.87. The van der Waals surface area contributed by atoms with Gasteiger partial charge in [0.25, 0.3) is 0 Å². The molecule has 0 heterocycles. The molecule has 102 valence electrons. The molecule has 0 radical (unpaired) electrons. The summed E-state index contributed by atoms with van der Waals surface area (Å²) >= 11 is 0. The Balaban J connectivity index is 2.74. The van der Waals surface area contributed by atoms with Gasteiger partial charge in [-0.2, -0.15) is 0 Å². The normalized spacial score (nSPS) is 16.6. The van der Waals surface area contributed by atoms with Crippen molar-refractivity contribution in [3.8, 4) is 0 Å². The zero-order valence-electron chi connectivity index (χ0n) is 12.0. The predicted molar refractivity (Wildman–Crippen MR) is 75.0 cm³/mol. The topological polar surface area (TPSA) is 44.5 Å². The van der Waals surface area contributed by atoms with Crippen molar-refractivity contribution in [1.29, 1.82) is 0 Å². The van der Waals surface area contributed by atoms with E-state index in [0.717, 1.165) is 24.5 Å². The van der Waals surface area contributed by atoms with Crippen LogP contribution >= 0.6 is 0 Å². The van der Waals surface area contributed by atoms with Crippen LogP contribution in [0, 0.1) is 5.41 Å². The van der Waals surface area contributed by atoms with Gasteiger partial charge in [0.15, 0.2) is 0 Å². The highest BCUT2D eigenvalue weighted by Crippen LogP contribution is 2.33. The van der Waals surface area contributed by atoms with Gasteiger partial charge in [-0.05, 0) is 30.1 Å². The van der Waals surface area contributed by atoms with Crippen LogP contribution in [-0.2, 0) is 9.47 Å². The number of allylic oxidation sites excluding steroid dienone is 4. The van der Waals surface area contributed by atoms with Gasteiger partial charge in [0.2, 0.25) is 0 Å². The van der Waals surface area contributed by atoms with Gasteiger partial charge >= 0.3 is 0 Å². The third kappa shape index (κ3) is 4.57. The highest BCUT2D eigenvalue weighted by atomic mass is 16.5. The predicted octanol–water partition coefficient (Wildman–Crippen LogP) is 3.14. The molecule has 0 aromatic heterocycles. The molecular weight excluding hydrogens is 226 g/mol. The van der Waals surface area contributed by atoms with Crippen molar-refractivity contribution < 1.29 is 9.47 Å². The summed E-state index contributed by atoms with van der Waals surface area (Å²) in [4.78, 5) is 0. The fourth-order valence-corrected chi connectivity index (χ4v) is 1.77. The summed E-state index contributed by atoms with van der Waals surface area (Å²) in [6, 6.07) is 0. The number of ether oxygens (including phenoxy) is 2. The average Bonchev–Trinajstić information content (AvgIpc) is 2.46. The third-order valence-electron chi connectivity index (χ3n) is 2.75. The second kappa shape index (κ2) is 6.64. The number of hydrogen-bond acceptors (Lipinski definition) is 3.